The summed E-state index contributed by atoms with van der Waals surface area (Å²) in [6.45, 7) is 9.54. The van der Waals surface area contributed by atoms with Crippen LogP contribution in [-0.4, -0.2) is 41.9 Å². The molecule has 1 aromatic heterocycles. The van der Waals surface area contributed by atoms with Crippen LogP contribution in [0.1, 0.15) is 30.8 Å². The lowest BCUT2D eigenvalue weighted by Crippen LogP contribution is -2.40. The number of guanidine groups is 1. The third kappa shape index (κ3) is 6.50. The van der Waals surface area contributed by atoms with E-state index in [0.717, 1.165) is 29.2 Å². The number of para-hydroxylation sites is 1. The molecule has 0 bridgehead atoms. The molecule has 8 heteroatoms. The van der Waals surface area contributed by atoms with Gasteiger partial charge in [-0.3, -0.25) is 4.79 Å². The van der Waals surface area contributed by atoms with E-state index in [1.54, 1.807) is 0 Å². The van der Waals surface area contributed by atoms with Gasteiger partial charge in [-0.2, -0.15) is 5.10 Å². The summed E-state index contributed by atoms with van der Waals surface area (Å²) in [5.74, 6) is 0.172. The Morgan fingerprint density at radius 1 is 1.29 bits per heavy atom. The lowest BCUT2D eigenvalue weighted by atomic mass is 10.1. The Labute approximate surface area is 184 Å². The fourth-order valence-electron chi connectivity index (χ4n) is 2.76. The molecule has 0 saturated heterocycles. The maximum Gasteiger partial charge on any atom is 0.310 e. The number of rotatable bonds is 7. The van der Waals surface area contributed by atoms with Crippen LogP contribution in [0.3, 0.4) is 0 Å². The summed E-state index contributed by atoms with van der Waals surface area (Å²) in [6.07, 6.45) is 0. The monoisotopic (exact) mass is 499 g/mol. The van der Waals surface area contributed by atoms with E-state index >= 15 is 0 Å². The summed E-state index contributed by atoms with van der Waals surface area (Å²) < 4.78 is 6.71. The third-order valence-electron chi connectivity index (χ3n) is 4.16. The summed E-state index contributed by atoms with van der Waals surface area (Å²) in [5.41, 5.74) is 4.16. The number of benzene rings is 1. The van der Waals surface area contributed by atoms with Gasteiger partial charge in [-0.1, -0.05) is 25.1 Å². The SMILES string of the molecule is CCNC(=NCc1ccccc1-n1nc(C)cc1C)NCC(C)C(=O)OC.I. The van der Waals surface area contributed by atoms with Crippen LogP contribution in [0.4, 0.5) is 0 Å². The Morgan fingerprint density at radius 2 is 2.00 bits per heavy atom. The number of esters is 1. The highest BCUT2D eigenvalue weighted by Gasteiger charge is 2.13. The van der Waals surface area contributed by atoms with Gasteiger partial charge in [0.05, 0.1) is 31.0 Å². The van der Waals surface area contributed by atoms with Crippen LogP contribution in [0.15, 0.2) is 35.3 Å². The number of aromatic nitrogens is 2. The second-order valence-electron chi connectivity index (χ2n) is 6.47. The molecule has 0 saturated carbocycles. The smallest absolute Gasteiger partial charge is 0.310 e. The zero-order chi connectivity index (χ0) is 19.8. The molecule has 2 N–H and O–H groups in total. The molecule has 2 rings (SSSR count). The number of nitrogens with one attached hydrogen (secondary N) is 2. The Morgan fingerprint density at radius 3 is 2.61 bits per heavy atom. The van der Waals surface area contributed by atoms with Crippen molar-refractivity contribution < 1.29 is 9.53 Å². The number of hydrogen-bond acceptors (Lipinski definition) is 4. The van der Waals surface area contributed by atoms with Crippen molar-refractivity contribution in [3.63, 3.8) is 0 Å². The number of carbonyl (C=O) groups is 1. The number of hydrogen-bond donors (Lipinski definition) is 2. The molecule has 0 aliphatic rings. The number of methoxy groups -OCH3 is 1. The molecular formula is C20H30IN5O2. The average molecular weight is 499 g/mol. The van der Waals surface area contributed by atoms with Gasteiger partial charge in [0.2, 0.25) is 0 Å². The van der Waals surface area contributed by atoms with E-state index in [0.29, 0.717) is 19.0 Å². The fraction of sp³-hybridized carbons (Fsp3) is 0.450. The first-order valence-corrected chi connectivity index (χ1v) is 9.17. The van der Waals surface area contributed by atoms with E-state index in [4.69, 9.17) is 4.74 Å². The zero-order valence-corrected chi connectivity index (χ0v) is 19.5. The number of halogens is 1. The molecule has 0 fully saturated rings. The summed E-state index contributed by atoms with van der Waals surface area (Å²) in [5, 5.41) is 11.0. The summed E-state index contributed by atoms with van der Waals surface area (Å²) in [7, 11) is 1.40. The van der Waals surface area contributed by atoms with Crippen LogP contribution in [0.25, 0.3) is 5.69 Å². The van der Waals surface area contributed by atoms with Gasteiger partial charge in [0.1, 0.15) is 0 Å². The van der Waals surface area contributed by atoms with Gasteiger partial charge >= 0.3 is 5.97 Å². The minimum atomic E-state index is -0.249. The van der Waals surface area contributed by atoms with Gasteiger partial charge in [-0.05, 0) is 38.5 Å². The van der Waals surface area contributed by atoms with Gasteiger partial charge in [0.15, 0.2) is 5.96 Å². The molecule has 1 aromatic carbocycles. The number of ether oxygens (including phenoxy) is 1. The van der Waals surface area contributed by atoms with E-state index in [-0.39, 0.29) is 35.9 Å². The van der Waals surface area contributed by atoms with Crippen molar-refractivity contribution in [2.24, 2.45) is 10.9 Å². The fourth-order valence-corrected chi connectivity index (χ4v) is 2.76. The Kier molecular flexibility index (Phi) is 9.98. The Balaban J connectivity index is 0.00000392. The van der Waals surface area contributed by atoms with E-state index in [1.807, 2.05) is 50.6 Å². The van der Waals surface area contributed by atoms with Gasteiger partial charge in [0, 0.05) is 18.8 Å². The maximum atomic E-state index is 11.6. The first-order chi connectivity index (χ1) is 13.0. The van der Waals surface area contributed by atoms with Crippen LogP contribution in [-0.2, 0) is 16.1 Å². The molecule has 0 aliphatic carbocycles. The predicted octanol–water partition coefficient (Wildman–Crippen LogP) is 2.97. The highest BCUT2D eigenvalue weighted by molar-refractivity contribution is 14.0. The van der Waals surface area contributed by atoms with Crippen LogP contribution >= 0.6 is 24.0 Å². The van der Waals surface area contributed by atoms with E-state index in [1.165, 1.54) is 7.11 Å². The van der Waals surface area contributed by atoms with Crippen LogP contribution in [0.2, 0.25) is 0 Å². The lowest BCUT2D eigenvalue weighted by molar-refractivity contribution is -0.144. The summed E-state index contributed by atoms with van der Waals surface area (Å²) in [6, 6.07) is 10.2. The van der Waals surface area contributed by atoms with Crippen LogP contribution < -0.4 is 10.6 Å². The van der Waals surface area contributed by atoms with Crippen molar-refractivity contribution in [2.45, 2.75) is 34.2 Å². The summed E-state index contributed by atoms with van der Waals surface area (Å²) >= 11 is 0. The number of aryl methyl sites for hydroxylation is 2. The quantitative estimate of drug-likeness (QED) is 0.265. The third-order valence-corrected chi connectivity index (χ3v) is 4.16. The second kappa shape index (κ2) is 11.7. The Hall–Kier alpha value is -2.10. The van der Waals surface area contributed by atoms with Gasteiger partial charge in [0.25, 0.3) is 0 Å². The largest absolute Gasteiger partial charge is 0.469 e. The minimum Gasteiger partial charge on any atom is -0.469 e. The molecule has 1 atom stereocenters. The molecule has 0 amide bonds. The number of nitrogens with zero attached hydrogens (tertiary/aromatic N) is 3. The van der Waals surface area contributed by atoms with Crippen molar-refractivity contribution >= 4 is 35.9 Å². The zero-order valence-electron chi connectivity index (χ0n) is 17.2. The first kappa shape index (κ1) is 23.9. The predicted molar refractivity (Wildman–Crippen MR) is 122 cm³/mol. The van der Waals surface area contributed by atoms with E-state index in [9.17, 15) is 4.79 Å². The van der Waals surface area contributed by atoms with Gasteiger partial charge in [-0.15, -0.1) is 24.0 Å². The highest BCUT2D eigenvalue weighted by Crippen LogP contribution is 2.17. The van der Waals surface area contributed by atoms with Crippen molar-refractivity contribution in [3.8, 4) is 5.69 Å². The molecule has 7 nitrogen and oxygen atoms in total. The van der Waals surface area contributed by atoms with Crippen molar-refractivity contribution in [2.75, 3.05) is 20.2 Å². The van der Waals surface area contributed by atoms with Gasteiger partial charge < -0.3 is 15.4 Å². The Bertz CT molecular complexity index is 804. The molecule has 2 aromatic rings. The molecule has 1 unspecified atom stereocenters. The number of aliphatic imine (C=N–C) groups is 1. The van der Waals surface area contributed by atoms with E-state index in [2.05, 4.69) is 32.9 Å². The topological polar surface area (TPSA) is 80.5 Å². The minimum absolute atomic E-state index is 0. The van der Waals surface area contributed by atoms with Gasteiger partial charge in [-0.25, -0.2) is 9.67 Å². The van der Waals surface area contributed by atoms with Crippen molar-refractivity contribution in [1.29, 1.82) is 0 Å². The maximum absolute atomic E-state index is 11.6. The van der Waals surface area contributed by atoms with E-state index < -0.39 is 0 Å². The summed E-state index contributed by atoms with van der Waals surface area (Å²) in [4.78, 5) is 16.2. The standard InChI is InChI=1S/C20H29N5O2.HI/c1-6-21-20(22-12-14(2)19(26)27-5)23-13-17-9-7-8-10-18(17)25-16(4)11-15(3)24-25;/h7-11,14H,6,12-13H2,1-5H3,(H2,21,22,23);1H. The lowest BCUT2D eigenvalue weighted by Gasteiger charge is -2.15. The molecule has 154 valence electrons. The molecule has 1 heterocycles. The second-order valence-corrected chi connectivity index (χ2v) is 6.47. The molecule has 0 spiro atoms. The van der Waals surface area contributed by atoms with Crippen molar-refractivity contribution in [3.05, 3.63) is 47.3 Å². The average Bonchev–Trinajstić information content (AvgIpc) is 3.01. The molecule has 0 aliphatic heterocycles. The van der Waals surface area contributed by atoms with Crippen LogP contribution in [0.5, 0.6) is 0 Å². The van der Waals surface area contributed by atoms with Crippen LogP contribution in [0, 0.1) is 19.8 Å². The van der Waals surface area contributed by atoms with Crippen molar-refractivity contribution in [1.82, 2.24) is 20.4 Å². The molecular weight excluding hydrogens is 469 g/mol. The normalized spacial score (nSPS) is 12.1. The molecule has 28 heavy (non-hydrogen) atoms. The molecule has 0 radical (unpaired) electrons. The number of carbonyl (C=O) groups excluding carboxylic acids is 1. The first-order valence-electron chi connectivity index (χ1n) is 9.17. The highest BCUT2D eigenvalue weighted by atomic mass is 127.